The molecule has 150 valence electrons. The fourth-order valence-corrected chi connectivity index (χ4v) is 3.77. The summed E-state index contributed by atoms with van der Waals surface area (Å²) in [6.45, 7) is 2.70. The summed E-state index contributed by atoms with van der Waals surface area (Å²) in [7, 11) is 0. The van der Waals surface area contributed by atoms with Gasteiger partial charge in [0.25, 0.3) is 5.91 Å². The smallest absolute Gasteiger partial charge is 0.255 e. The molecule has 1 aliphatic rings. The molecule has 1 fully saturated rings. The summed E-state index contributed by atoms with van der Waals surface area (Å²) in [6.07, 6.45) is 4.14. The average Bonchev–Trinajstić information content (AvgIpc) is 3.46. The zero-order valence-corrected chi connectivity index (χ0v) is 16.5. The van der Waals surface area contributed by atoms with Crippen LogP contribution in [0.25, 0.3) is 11.0 Å². The molecule has 1 amide bonds. The van der Waals surface area contributed by atoms with Crippen LogP contribution in [0.4, 0.5) is 11.5 Å². The summed E-state index contributed by atoms with van der Waals surface area (Å²) >= 11 is 0. The predicted molar refractivity (Wildman–Crippen MR) is 117 cm³/mol. The molecule has 0 atom stereocenters. The van der Waals surface area contributed by atoms with Crippen LogP contribution >= 0.6 is 0 Å². The topological polar surface area (TPSA) is 75.9 Å². The van der Waals surface area contributed by atoms with Crippen molar-refractivity contribution in [3.8, 4) is 0 Å². The molecule has 3 heterocycles. The molecule has 0 saturated carbocycles. The Balaban J connectivity index is 1.24. The average molecular weight is 398 g/mol. The number of benzene rings is 2. The van der Waals surface area contributed by atoms with Gasteiger partial charge in [-0.2, -0.15) is 0 Å². The Hall–Kier alpha value is -3.74. The minimum absolute atomic E-state index is 0.150. The molecule has 4 aromatic rings. The second-order valence-electron chi connectivity index (χ2n) is 7.49. The lowest BCUT2D eigenvalue weighted by molar-refractivity contribution is 0.102. The summed E-state index contributed by atoms with van der Waals surface area (Å²) in [4.78, 5) is 19.3. The number of pyridine rings is 1. The van der Waals surface area contributed by atoms with E-state index in [2.05, 4.69) is 25.5 Å². The first-order valence-electron chi connectivity index (χ1n) is 10.2. The van der Waals surface area contributed by atoms with Gasteiger partial charge in [-0.3, -0.25) is 4.79 Å². The van der Waals surface area contributed by atoms with Gasteiger partial charge in [0.2, 0.25) is 0 Å². The van der Waals surface area contributed by atoms with Crippen LogP contribution in [-0.4, -0.2) is 39.0 Å². The van der Waals surface area contributed by atoms with Crippen molar-refractivity contribution in [1.29, 1.82) is 0 Å². The first-order valence-corrected chi connectivity index (χ1v) is 10.2. The van der Waals surface area contributed by atoms with Gasteiger partial charge in [0.15, 0.2) is 0 Å². The van der Waals surface area contributed by atoms with E-state index >= 15 is 0 Å². The quantitative estimate of drug-likeness (QED) is 0.554. The Morgan fingerprint density at radius 3 is 2.53 bits per heavy atom. The highest BCUT2D eigenvalue weighted by Gasteiger charge is 2.13. The first kappa shape index (κ1) is 18.3. The Bertz CT molecular complexity index is 1160. The van der Waals surface area contributed by atoms with E-state index < -0.39 is 0 Å². The van der Waals surface area contributed by atoms with E-state index in [1.807, 2.05) is 65.3 Å². The number of nitrogens with one attached hydrogen (secondary N) is 1. The molecule has 7 nitrogen and oxygen atoms in total. The molecule has 0 radical (unpaired) electrons. The van der Waals surface area contributed by atoms with E-state index in [1.54, 1.807) is 6.20 Å². The van der Waals surface area contributed by atoms with Crippen LogP contribution in [0, 0.1) is 0 Å². The van der Waals surface area contributed by atoms with Crippen molar-refractivity contribution < 1.29 is 4.79 Å². The molecule has 0 spiro atoms. The van der Waals surface area contributed by atoms with E-state index in [1.165, 1.54) is 12.8 Å². The SMILES string of the molecule is O=C(Nc1ccc(N2CCCC2)nc1)c1ccc(Cn2nnc3ccccc32)cc1. The van der Waals surface area contributed by atoms with Gasteiger partial charge in [-0.1, -0.05) is 29.5 Å². The molecule has 5 rings (SSSR count). The van der Waals surface area contributed by atoms with Gasteiger partial charge in [-0.15, -0.1) is 5.10 Å². The third kappa shape index (κ3) is 3.74. The molecule has 1 N–H and O–H groups in total. The van der Waals surface area contributed by atoms with Crippen LogP contribution in [0.1, 0.15) is 28.8 Å². The number of carbonyl (C=O) groups is 1. The number of carbonyl (C=O) groups excluding carboxylic acids is 1. The first-order chi connectivity index (χ1) is 14.8. The molecule has 2 aromatic heterocycles. The van der Waals surface area contributed by atoms with Gasteiger partial charge in [-0.25, -0.2) is 9.67 Å². The second-order valence-corrected chi connectivity index (χ2v) is 7.49. The number of rotatable bonds is 5. The van der Waals surface area contributed by atoms with Crippen molar-refractivity contribution in [3.05, 3.63) is 78.0 Å². The maximum atomic E-state index is 12.6. The molecule has 7 heteroatoms. The number of hydrogen-bond donors (Lipinski definition) is 1. The molecular formula is C23H22N6O. The van der Waals surface area contributed by atoms with Gasteiger partial charge in [0.05, 0.1) is 23.9 Å². The van der Waals surface area contributed by atoms with Gasteiger partial charge in [0, 0.05) is 18.7 Å². The molecular weight excluding hydrogens is 376 g/mol. The minimum Gasteiger partial charge on any atom is -0.357 e. The maximum absolute atomic E-state index is 12.6. The van der Waals surface area contributed by atoms with Gasteiger partial charge in [-0.05, 0) is 54.8 Å². The number of amides is 1. The van der Waals surface area contributed by atoms with Gasteiger partial charge >= 0.3 is 0 Å². The van der Waals surface area contributed by atoms with Crippen molar-refractivity contribution in [2.24, 2.45) is 0 Å². The lowest BCUT2D eigenvalue weighted by Gasteiger charge is -2.16. The van der Waals surface area contributed by atoms with Crippen molar-refractivity contribution in [2.75, 3.05) is 23.3 Å². The maximum Gasteiger partial charge on any atom is 0.255 e. The van der Waals surface area contributed by atoms with E-state index in [0.29, 0.717) is 17.8 Å². The van der Waals surface area contributed by atoms with E-state index in [9.17, 15) is 4.79 Å². The Labute approximate surface area is 174 Å². The molecule has 0 unspecified atom stereocenters. The van der Waals surface area contributed by atoms with E-state index in [4.69, 9.17) is 0 Å². The zero-order chi connectivity index (χ0) is 20.3. The Kier molecular flexibility index (Phi) is 4.85. The van der Waals surface area contributed by atoms with Crippen LogP contribution in [0.3, 0.4) is 0 Å². The fraction of sp³-hybridized carbons (Fsp3) is 0.217. The molecule has 0 bridgehead atoms. The predicted octanol–water partition coefficient (Wildman–Crippen LogP) is 3.73. The number of nitrogens with zero attached hydrogens (tertiary/aromatic N) is 5. The summed E-state index contributed by atoms with van der Waals surface area (Å²) < 4.78 is 1.86. The van der Waals surface area contributed by atoms with Crippen molar-refractivity contribution >= 4 is 28.4 Å². The largest absolute Gasteiger partial charge is 0.357 e. The van der Waals surface area contributed by atoms with Crippen LogP contribution < -0.4 is 10.2 Å². The van der Waals surface area contributed by atoms with Crippen LogP contribution in [0.15, 0.2) is 66.9 Å². The van der Waals surface area contributed by atoms with Crippen molar-refractivity contribution in [2.45, 2.75) is 19.4 Å². The monoisotopic (exact) mass is 398 g/mol. The number of para-hydroxylation sites is 1. The number of aromatic nitrogens is 4. The minimum atomic E-state index is -0.150. The zero-order valence-electron chi connectivity index (χ0n) is 16.5. The van der Waals surface area contributed by atoms with Gasteiger partial charge in [0.1, 0.15) is 11.3 Å². The van der Waals surface area contributed by atoms with Crippen LogP contribution in [0.5, 0.6) is 0 Å². The molecule has 1 saturated heterocycles. The highest BCUT2D eigenvalue weighted by molar-refractivity contribution is 6.04. The lowest BCUT2D eigenvalue weighted by Crippen LogP contribution is -2.19. The highest BCUT2D eigenvalue weighted by Crippen LogP contribution is 2.19. The second kappa shape index (κ2) is 7.94. The third-order valence-electron chi connectivity index (χ3n) is 5.40. The highest BCUT2D eigenvalue weighted by atomic mass is 16.1. The summed E-state index contributed by atoms with van der Waals surface area (Å²) in [5.41, 5.74) is 4.22. The third-order valence-corrected chi connectivity index (χ3v) is 5.40. The van der Waals surface area contributed by atoms with Crippen LogP contribution in [-0.2, 0) is 6.54 Å². The number of anilines is 2. The Morgan fingerprint density at radius 2 is 1.77 bits per heavy atom. The summed E-state index contributed by atoms with van der Waals surface area (Å²) in [6, 6.07) is 19.3. The molecule has 1 aliphatic heterocycles. The van der Waals surface area contributed by atoms with Crippen molar-refractivity contribution in [3.63, 3.8) is 0 Å². The lowest BCUT2D eigenvalue weighted by atomic mass is 10.1. The normalized spacial score (nSPS) is 13.7. The summed E-state index contributed by atoms with van der Waals surface area (Å²) in [5.74, 6) is 0.818. The van der Waals surface area contributed by atoms with Crippen LogP contribution in [0.2, 0.25) is 0 Å². The van der Waals surface area contributed by atoms with Crippen molar-refractivity contribution in [1.82, 2.24) is 20.0 Å². The molecule has 2 aromatic carbocycles. The standard InChI is InChI=1S/C23H22N6O/c30-23(25-19-11-12-22(24-15-19)28-13-3-4-14-28)18-9-7-17(8-10-18)16-29-21-6-2-1-5-20(21)26-27-29/h1-2,5-12,15H,3-4,13-14,16H2,(H,25,30). The fourth-order valence-electron chi connectivity index (χ4n) is 3.77. The van der Waals surface area contributed by atoms with E-state index in [-0.39, 0.29) is 5.91 Å². The van der Waals surface area contributed by atoms with Gasteiger partial charge < -0.3 is 10.2 Å². The Morgan fingerprint density at radius 1 is 0.967 bits per heavy atom. The number of hydrogen-bond acceptors (Lipinski definition) is 5. The summed E-state index contributed by atoms with van der Waals surface area (Å²) in [5, 5.41) is 11.3. The van der Waals surface area contributed by atoms with E-state index in [0.717, 1.165) is 35.5 Å². The number of fused-ring (bicyclic) bond motifs is 1. The molecule has 30 heavy (non-hydrogen) atoms. The molecule has 0 aliphatic carbocycles.